The molecule has 1 atom stereocenters. The Kier molecular flexibility index (Phi) is 5.33. The number of hydrogen-bond donors (Lipinski definition) is 2. The van der Waals surface area contributed by atoms with Crippen molar-refractivity contribution in [2.24, 2.45) is 7.05 Å². The number of benzene rings is 1. The first-order valence-corrected chi connectivity index (χ1v) is 8.52. The van der Waals surface area contributed by atoms with Crippen LogP contribution in [0.15, 0.2) is 42.7 Å². The molecule has 0 unspecified atom stereocenters. The number of hydrogen-bond acceptors (Lipinski definition) is 3. The Morgan fingerprint density at radius 1 is 1.32 bits per heavy atom. The summed E-state index contributed by atoms with van der Waals surface area (Å²) in [5, 5.41) is 9.70. The molecule has 0 radical (unpaired) electrons. The molecule has 0 bridgehead atoms. The van der Waals surface area contributed by atoms with Gasteiger partial charge in [0.25, 0.3) is 0 Å². The first-order valence-electron chi connectivity index (χ1n) is 8.52. The summed E-state index contributed by atoms with van der Waals surface area (Å²) >= 11 is 0. The molecule has 1 aliphatic heterocycles. The van der Waals surface area contributed by atoms with Crippen molar-refractivity contribution in [1.82, 2.24) is 20.4 Å². The van der Waals surface area contributed by atoms with Crippen LogP contribution < -0.4 is 15.5 Å². The largest absolute Gasteiger partial charge is 0.338 e. The number of nitrogens with zero attached hydrogens (tertiary/aromatic N) is 3. The van der Waals surface area contributed by atoms with Gasteiger partial charge in [-0.15, -0.1) is 0 Å². The lowest BCUT2D eigenvalue weighted by atomic mass is 10.2. The van der Waals surface area contributed by atoms with Gasteiger partial charge in [0.1, 0.15) is 6.04 Å². The first kappa shape index (κ1) is 17.0. The molecule has 1 aliphatic rings. The fourth-order valence-electron chi connectivity index (χ4n) is 2.98. The van der Waals surface area contributed by atoms with E-state index in [1.165, 1.54) is 0 Å². The maximum absolute atomic E-state index is 12.4. The van der Waals surface area contributed by atoms with E-state index in [-0.39, 0.29) is 11.9 Å². The average molecular weight is 341 g/mol. The van der Waals surface area contributed by atoms with E-state index in [0.29, 0.717) is 19.5 Å². The van der Waals surface area contributed by atoms with Gasteiger partial charge in [-0.3, -0.25) is 9.48 Å². The number of anilines is 1. The maximum atomic E-state index is 12.4. The standard InChI is InChI=1S/C18H23N5O2/c1-22-13-14(12-20-22)6-5-10-19-18(25)21-16-9-11-23(17(16)24)15-7-3-2-4-8-15/h2-4,7-8,12-13,16H,5-6,9-11H2,1H3,(H2,19,21,25)/t16-/m1/s1. The SMILES string of the molecule is Cn1cc(CCCNC(=O)N[C@@H]2CCN(c3ccccc3)C2=O)cn1. The summed E-state index contributed by atoms with van der Waals surface area (Å²) < 4.78 is 1.76. The highest BCUT2D eigenvalue weighted by Gasteiger charge is 2.33. The number of nitrogens with one attached hydrogen (secondary N) is 2. The molecular weight excluding hydrogens is 318 g/mol. The normalized spacial score (nSPS) is 16.9. The molecule has 0 spiro atoms. The Morgan fingerprint density at radius 2 is 2.12 bits per heavy atom. The summed E-state index contributed by atoms with van der Waals surface area (Å²) in [6.45, 7) is 1.18. The van der Waals surface area contributed by atoms with Crippen LogP contribution >= 0.6 is 0 Å². The molecule has 1 aromatic carbocycles. The zero-order valence-corrected chi connectivity index (χ0v) is 14.3. The van der Waals surface area contributed by atoms with Crippen molar-refractivity contribution >= 4 is 17.6 Å². The van der Waals surface area contributed by atoms with Crippen molar-refractivity contribution in [3.8, 4) is 0 Å². The van der Waals surface area contributed by atoms with Crippen LogP contribution in [0.2, 0.25) is 0 Å². The predicted molar refractivity (Wildman–Crippen MR) is 95.3 cm³/mol. The van der Waals surface area contributed by atoms with Gasteiger partial charge in [-0.05, 0) is 37.0 Å². The van der Waals surface area contributed by atoms with Gasteiger partial charge < -0.3 is 15.5 Å². The Morgan fingerprint density at radius 3 is 2.84 bits per heavy atom. The van der Waals surface area contributed by atoms with Crippen LogP contribution in [0.4, 0.5) is 10.5 Å². The predicted octanol–water partition coefficient (Wildman–Crippen LogP) is 1.46. The zero-order valence-electron chi connectivity index (χ0n) is 14.3. The van der Waals surface area contributed by atoms with Crippen molar-refractivity contribution < 1.29 is 9.59 Å². The van der Waals surface area contributed by atoms with Crippen LogP contribution in [-0.4, -0.2) is 40.9 Å². The third kappa shape index (κ3) is 4.37. The van der Waals surface area contributed by atoms with E-state index in [2.05, 4.69) is 15.7 Å². The lowest BCUT2D eigenvalue weighted by Crippen LogP contribution is -2.46. The van der Waals surface area contributed by atoms with Crippen LogP contribution in [0.1, 0.15) is 18.4 Å². The monoisotopic (exact) mass is 341 g/mol. The van der Waals surface area contributed by atoms with Crippen molar-refractivity contribution in [1.29, 1.82) is 0 Å². The highest BCUT2D eigenvalue weighted by atomic mass is 16.2. The molecule has 2 heterocycles. The molecule has 0 saturated carbocycles. The van der Waals surface area contributed by atoms with Gasteiger partial charge in [0.15, 0.2) is 0 Å². The fraction of sp³-hybridized carbons (Fsp3) is 0.389. The second-order valence-corrected chi connectivity index (χ2v) is 6.19. The minimum atomic E-state index is -0.460. The summed E-state index contributed by atoms with van der Waals surface area (Å²) in [5.74, 6) is -0.0586. The fourth-order valence-corrected chi connectivity index (χ4v) is 2.98. The van der Waals surface area contributed by atoms with Crippen LogP contribution in [0.3, 0.4) is 0 Å². The molecule has 2 N–H and O–H groups in total. The number of carbonyl (C=O) groups is 2. The first-order chi connectivity index (χ1) is 12.1. The molecule has 3 amide bonds. The van der Waals surface area contributed by atoms with Gasteiger partial charge in [-0.1, -0.05) is 18.2 Å². The second-order valence-electron chi connectivity index (χ2n) is 6.19. The third-order valence-corrected chi connectivity index (χ3v) is 4.26. The summed E-state index contributed by atoms with van der Waals surface area (Å²) in [4.78, 5) is 26.1. The van der Waals surface area contributed by atoms with E-state index in [0.717, 1.165) is 24.1 Å². The molecule has 0 aliphatic carbocycles. The topological polar surface area (TPSA) is 79.3 Å². The van der Waals surface area contributed by atoms with Gasteiger partial charge >= 0.3 is 6.03 Å². The Labute approximate surface area is 147 Å². The molecule has 7 nitrogen and oxygen atoms in total. The summed E-state index contributed by atoms with van der Waals surface area (Å²) in [7, 11) is 1.88. The highest BCUT2D eigenvalue weighted by molar-refractivity contribution is 6.01. The summed E-state index contributed by atoms with van der Waals surface area (Å²) in [6.07, 6.45) is 6.10. The van der Waals surface area contributed by atoms with Crippen molar-refractivity contribution in [3.05, 3.63) is 48.3 Å². The van der Waals surface area contributed by atoms with E-state index < -0.39 is 6.04 Å². The van der Waals surface area contributed by atoms with Gasteiger partial charge in [-0.25, -0.2) is 4.79 Å². The smallest absolute Gasteiger partial charge is 0.315 e. The molecule has 1 fully saturated rings. The van der Waals surface area contributed by atoms with Crippen LogP contribution in [-0.2, 0) is 18.3 Å². The molecular formula is C18H23N5O2. The number of aromatic nitrogens is 2. The Hall–Kier alpha value is -2.83. The van der Waals surface area contributed by atoms with E-state index in [1.54, 1.807) is 9.58 Å². The van der Waals surface area contributed by atoms with Crippen LogP contribution in [0.25, 0.3) is 0 Å². The average Bonchev–Trinajstić information content (AvgIpc) is 3.19. The number of para-hydroxylation sites is 1. The third-order valence-electron chi connectivity index (χ3n) is 4.26. The van der Waals surface area contributed by atoms with Crippen molar-refractivity contribution in [2.75, 3.05) is 18.0 Å². The van der Waals surface area contributed by atoms with Crippen LogP contribution in [0, 0.1) is 0 Å². The van der Waals surface area contributed by atoms with Crippen molar-refractivity contribution in [3.63, 3.8) is 0 Å². The molecule has 132 valence electrons. The zero-order chi connectivity index (χ0) is 17.6. The number of rotatable bonds is 6. The number of carbonyl (C=O) groups excluding carboxylic acids is 2. The molecule has 25 heavy (non-hydrogen) atoms. The minimum Gasteiger partial charge on any atom is -0.338 e. The van der Waals surface area contributed by atoms with E-state index in [9.17, 15) is 9.59 Å². The Bertz CT molecular complexity index is 728. The van der Waals surface area contributed by atoms with E-state index in [4.69, 9.17) is 0 Å². The summed E-state index contributed by atoms with van der Waals surface area (Å²) in [5.41, 5.74) is 2.02. The lowest BCUT2D eigenvalue weighted by Gasteiger charge is -2.17. The highest BCUT2D eigenvalue weighted by Crippen LogP contribution is 2.20. The molecule has 3 rings (SSSR count). The molecule has 2 aromatic rings. The van der Waals surface area contributed by atoms with Crippen molar-refractivity contribution in [2.45, 2.75) is 25.3 Å². The van der Waals surface area contributed by atoms with Crippen LogP contribution in [0.5, 0.6) is 0 Å². The van der Waals surface area contributed by atoms with Gasteiger partial charge in [0, 0.05) is 32.0 Å². The van der Waals surface area contributed by atoms with E-state index >= 15 is 0 Å². The van der Waals surface area contributed by atoms with Gasteiger partial charge in [0.2, 0.25) is 5.91 Å². The summed E-state index contributed by atoms with van der Waals surface area (Å²) in [6, 6.07) is 8.77. The molecule has 1 saturated heterocycles. The number of aryl methyl sites for hydroxylation is 2. The Balaban J connectivity index is 1.40. The molecule has 7 heteroatoms. The second kappa shape index (κ2) is 7.83. The minimum absolute atomic E-state index is 0.0586. The van der Waals surface area contributed by atoms with E-state index in [1.807, 2.05) is 49.8 Å². The molecule has 1 aromatic heterocycles. The number of urea groups is 1. The lowest BCUT2D eigenvalue weighted by molar-refractivity contribution is -0.118. The van der Waals surface area contributed by atoms with Gasteiger partial charge in [0.05, 0.1) is 6.20 Å². The maximum Gasteiger partial charge on any atom is 0.315 e. The van der Waals surface area contributed by atoms with Gasteiger partial charge in [-0.2, -0.15) is 5.10 Å². The quantitative estimate of drug-likeness (QED) is 0.781. The number of amides is 3.